The summed E-state index contributed by atoms with van der Waals surface area (Å²) in [5.41, 5.74) is 8.95. The molecule has 2 N–H and O–H groups in total. The summed E-state index contributed by atoms with van der Waals surface area (Å²) in [4.78, 5) is 0. The lowest BCUT2D eigenvalue weighted by Gasteiger charge is -2.22. The van der Waals surface area contributed by atoms with Crippen molar-refractivity contribution in [2.75, 3.05) is 7.11 Å². The van der Waals surface area contributed by atoms with Gasteiger partial charge in [-0.3, -0.25) is 0 Å². The molecule has 19 heavy (non-hydrogen) atoms. The Bertz CT molecular complexity index is 404. The van der Waals surface area contributed by atoms with Gasteiger partial charge in [-0.25, -0.2) is 0 Å². The molecule has 0 aliphatic rings. The highest BCUT2D eigenvalue weighted by Gasteiger charge is 2.17. The minimum atomic E-state index is 0.156. The molecule has 1 atom stereocenters. The van der Waals surface area contributed by atoms with Crippen molar-refractivity contribution in [3.8, 4) is 5.75 Å². The standard InChI is InChI=1S/C17H29NO/c1-12(2)9-15(18)11-13-10-14(17(3,4)5)7-8-16(13)19-6/h7-8,10,12,15H,9,11,18H2,1-6H3. The predicted octanol–water partition coefficient (Wildman–Crippen LogP) is 3.91. The number of methoxy groups -OCH3 is 1. The first-order chi connectivity index (χ1) is 8.74. The largest absolute Gasteiger partial charge is 0.496 e. The molecule has 1 rings (SSSR count). The van der Waals surface area contributed by atoms with Gasteiger partial charge in [0.05, 0.1) is 7.11 Å². The van der Waals surface area contributed by atoms with Gasteiger partial charge in [0.1, 0.15) is 5.75 Å². The number of nitrogens with two attached hydrogens (primary N) is 1. The summed E-state index contributed by atoms with van der Waals surface area (Å²) < 4.78 is 5.46. The molecule has 0 radical (unpaired) electrons. The van der Waals surface area contributed by atoms with E-state index in [1.165, 1.54) is 11.1 Å². The van der Waals surface area contributed by atoms with Crippen LogP contribution in [0.15, 0.2) is 18.2 Å². The summed E-state index contributed by atoms with van der Waals surface area (Å²) >= 11 is 0. The van der Waals surface area contributed by atoms with Crippen LogP contribution in [0.3, 0.4) is 0 Å². The second kappa shape index (κ2) is 6.42. The summed E-state index contributed by atoms with van der Waals surface area (Å²) in [5, 5.41) is 0. The molecule has 108 valence electrons. The summed E-state index contributed by atoms with van der Waals surface area (Å²) in [6.07, 6.45) is 1.92. The van der Waals surface area contributed by atoms with E-state index in [-0.39, 0.29) is 11.5 Å². The number of hydrogen-bond donors (Lipinski definition) is 1. The van der Waals surface area contributed by atoms with Crippen LogP contribution in [0.25, 0.3) is 0 Å². The van der Waals surface area contributed by atoms with Crippen LogP contribution < -0.4 is 10.5 Å². The molecule has 0 saturated heterocycles. The van der Waals surface area contributed by atoms with Gasteiger partial charge in [0.2, 0.25) is 0 Å². The van der Waals surface area contributed by atoms with Crippen LogP contribution in [0.2, 0.25) is 0 Å². The third kappa shape index (κ3) is 4.87. The number of benzene rings is 1. The number of rotatable bonds is 5. The quantitative estimate of drug-likeness (QED) is 0.874. The van der Waals surface area contributed by atoms with E-state index >= 15 is 0 Å². The predicted molar refractivity (Wildman–Crippen MR) is 82.8 cm³/mol. The van der Waals surface area contributed by atoms with Gasteiger partial charge in [0, 0.05) is 6.04 Å². The van der Waals surface area contributed by atoms with Crippen molar-refractivity contribution in [1.82, 2.24) is 0 Å². The SMILES string of the molecule is COc1ccc(C(C)(C)C)cc1CC(N)CC(C)C. The fourth-order valence-electron chi connectivity index (χ4n) is 2.38. The van der Waals surface area contributed by atoms with Crippen LogP contribution in [0, 0.1) is 5.92 Å². The highest BCUT2D eigenvalue weighted by atomic mass is 16.5. The fraction of sp³-hybridized carbons (Fsp3) is 0.647. The van der Waals surface area contributed by atoms with E-state index in [0.717, 1.165) is 18.6 Å². The number of ether oxygens (including phenoxy) is 1. The Morgan fingerprint density at radius 3 is 2.32 bits per heavy atom. The Balaban J connectivity index is 2.96. The van der Waals surface area contributed by atoms with Crippen molar-refractivity contribution < 1.29 is 4.74 Å². The third-order valence-corrected chi connectivity index (χ3v) is 3.40. The normalized spacial score (nSPS) is 13.7. The lowest BCUT2D eigenvalue weighted by Crippen LogP contribution is -2.25. The average molecular weight is 263 g/mol. The smallest absolute Gasteiger partial charge is 0.122 e. The molecule has 0 heterocycles. The van der Waals surface area contributed by atoms with Crippen LogP contribution in [-0.2, 0) is 11.8 Å². The maximum Gasteiger partial charge on any atom is 0.122 e. The second-order valence-electron chi connectivity index (χ2n) is 6.87. The number of hydrogen-bond acceptors (Lipinski definition) is 2. The first-order valence-electron chi connectivity index (χ1n) is 7.17. The van der Waals surface area contributed by atoms with Crippen LogP contribution >= 0.6 is 0 Å². The molecule has 0 fully saturated rings. The van der Waals surface area contributed by atoms with Gasteiger partial charge in [0.15, 0.2) is 0 Å². The molecule has 2 heteroatoms. The van der Waals surface area contributed by atoms with Gasteiger partial charge < -0.3 is 10.5 Å². The van der Waals surface area contributed by atoms with E-state index < -0.39 is 0 Å². The highest BCUT2D eigenvalue weighted by Crippen LogP contribution is 2.29. The zero-order valence-corrected chi connectivity index (χ0v) is 13.3. The molecule has 0 amide bonds. The van der Waals surface area contributed by atoms with Gasteiger partial charge in [-0.05, 0) is 41.4 Å². The Labute approximate surface area is 118 Å². The van der Waals surface area contributed by atoms with E-state index in [9.17, 15) is 0 Å². The van der Waals surface area contributed by atoms with Crippen molar-refractivity contribution in [2.24, 2.45) is 11.7 Å². The maximum atomic E-state index is 6.23. The molecular weight excluding hydrogens is 234 g/mol. The van der Waals surface area contributed by atoms with Crippen molar-refractivity contribution in [2.45, 2.75) is 58.9 Å². The average Bonchev–Trinajstić information content (AvgIpc) is 2.26. The van der Waals surface area contributed by atoms with Gasteiger partial charge in [-0.1, -0.05) is 46.8 Å². The topological polar surface area (TPSA) is 35.2 Å². The monoisotopic (exact) mass is 263 g/mol. The molecular formula is C17H29NO. The molecule has 0 aliphatic heterocycles. The third-order valence-electron chi connectivity index (χ3n) is 3.40. The van der Waals surface area contributed by atoms with Crippen molar-refractivity contribution in [3.63, 3.8) is 0 Å². The van der Waals surface area contributed by atoms with E-state index in [4.69, 9.17) is 10.5 Å². The van der Waals surface area contributed by atoms with Crippen LogP contribution in [0.4, 0.5) is 0 Å². The Morgan fingerprint density at radius 1 is 1.21 bits per heavy atom. The molecule has 0 saturated carbocycles. The lowest BCUT2D eigenvalue weighted by molar-refractivity contribution is 0.404. The molecule has 0 spiro atoms. The van der Waals surface area contributed by atoms with Crippen molar-refractivity contribution >= 4 is 0 Å². The van der Waals surface area contributed by atoms with Gasteiger partial charge >= 0.3 is 0 Å². The Hall–Kier alpha value is -1.02. The molecule has 2 nitrogen and oxygen atoms in total. The highest BCUT2D eigenvalue weighted by molar-refractivity contribution is 5.40. The van der Waals surface area contributed by atoms with E-state index in [0.29, 0.717) is 5.92 Å². The maximum absolute atomic E-state index is 6.23. The molecule has 1 aromatic rings. The first kappa shape index (κ1) is 16.0. The first-order valence-corrected chi connectivity index (χ1v) is 7.17. The van der Waals surface area contributed by atoms with Crippen molar-refractivity contribution in [3.05, 3.63) is 29.3 Å². The van der Waals surface area contributed by atoms with Crippen LogP contribution in [-0.4, -0.2) is 13.2 Å². The van der Waals surface area contributed by atoms with E-state index in [1.54, 1.807) is 7.11 Å². The lowest BCUT2D eigenvalue weighted by atomic mass is 9.85. The molecule has 1 aromatic carbocycles. The minimum absolute atomic E-state index is 0.156. The summed E-state index contributed by atoms with van der Waals surface area (Å²) in [6.45, 7) is 11.1. The Morgan fingerprint density at radius 2 is 1.84 bits per heavy atom. The van der Waals surface area contributed by atoms with E-state index in [1.807, 2.05) is 0 Å². The molecule has 1 unspecified atom stereocenters. The molecule has 0 bridgehead atoms. The van der Waals surface area contributed by atoms with Crippen molar-refractivity contribution in [1.29, 1.82) is 0 Å². The second-order valence-corrected chi connectivity index (χ2v) is 6.87. The van der Waals surface area contributed by atoms with Gasteiger partial charge in [-0.2, -0.15) is 0 Å². The fourth-order valence-corrected chi connectivity index (χ4v) is 2.38. The molecule has 0 aromatic heterocycles. The minimum Gasteiger partial charge on any atom is -0.496 e. The van der Waals surface area contributed by atoms with E-state index in [2.05, 4.69) is 52.8 Å². The zero-order chi connectivity index (χ0) is 14.6. The zero-order valence-electron chi connectivity index (χ0n) is 13.3. The van der Waals surface area contributed by atoms with Crippen LogP contribution in [0.1, 0.15) is 52.2 Å². The Kier molecular flexibility index (Phi) is 5.42. The van der Waals surface area contributed by atoms with Gasteiger partial charge in [-0.15, -0.1) is 0 Å². The summed E-state index contributed by atoms with van der Waals surface area (Å²) in [7, 11) is 1.73. The molecule has 0 aliphatic carbocycles. The summed E-state index contributed by atoms with van der Waals surface area (Å²) in [5.74, 6) is 1.58. The van der Waals surface area contributed by atoms with Gasteiger partial charge in [0.25, 0.3) is 0 Å². The van der Waals surface area contributed by atoms with Crippen LogP contribution in [0.5, 0.6) is 5.75 Å². The summed E-state index contributed by atoms with van der Waals surface area (Å²) in [6, 6.07) is 6.66.